The van der Waals surface area contributed by atoms with E-state index in [1.54, 1.807) is 9.13 Å². The number of esters is 1. The van der Waals surface area contributed by atoms with Gasteiger partial charge in [0.1, 0.15) is 6.61 Å². The molecular formula is C72H108N10O13. The molecule has 26 atom stereocenters. The van der Waals surface area contributed by atoms with Gasteiger partial charge in [0.25, 0.3) is 11.1 Å². The van der Waals surface area contributed by atoms with Crippen molar-refractivity contribution in [2.24, 2.45) is 105 Å². The third-order valence-electron chi connectivity index (χ3n) is 28.3. The second kappa shape index (κ2) is 26.6. The van der Waals surface area contributed by atoms with E-state index in [2.05, 4.69) is 84.6 Å². The lowest BCUT2D eigenvalue weighted by atomic mass is 9.43. The van der Waals surface area contributed by atoms with Gasteiger partial charge in [0.05, 0.1) is 68.0 Å². The lowest BCUT2D eigenvalue weighted by molar-refractivity contribution is -0.174. The van der Waals surface area contributed by atoms with Crippen LogP contribution in [0, 0.1) is 105 Å². The second-order valence-corrected chi connectivity index (χ2v) is 32.7. The molecule has 0 bridgehead atoms. The number of carboxylic acids is 1. The number of nitrogens with zero attached hydrogens (tertiary/aromatic N) is 6. The minimum Gasteiger partial charge on any atom is -0.481 e. The standard InChI is InChI=1S/C36H53N5O6.C24H40O4.C12H15N5O3/c1-18(23-6-7-24-30-25(10-12-36(23,24)4)35(3)11-9-21(42)13-20(35)14-28(30)44)5-8-29(45)47-16-22-19(2)26(15-27(22)43)41-17-38-31-32(41)39-34(37)40-33(31)46;1-14(4-7-21(27)28)17-5-6-18-22-19(9-11-24(17,18)3)23(2)10-8-16(25)12-15(23)13-20(22)26;1-5-6(3-18)8(19)2-7(5)17-4-14-9-10(17)15-12(13)16-11(9)20/h17-18,20-28,30,42-44H,2,5-16H2,1,3-4H3,(H3,37,39,40,46);14-20,22,25-26H,4-13H2,1-3H3,(H,27,28);4,6-8,18-19H,1-3H2,(H3,13,15,16,20)/t18-,20+,21-,22+,23-,24+,25+,26+,27+,28-,30+,35+,36-;14-,15+,16-,17-,18+,19+,20-,22+,23+,24-;6-,7-,8-/m110/s1. The van der Waals surface area contributed by atoms with Gasteiger partial charge in [-0.2, -0.15) is 9.97 Å². The van der Waals surface area contributed by atoms with Crippen LogP contribution in [0.15, 0.2) is 46.5 Å². The van der Waals surface area contributed by atoms with Crippen molar-refractivity contribution in [2.45, 2.75) is 232 Å². The van der Waals surface area contributed by atoms with Crippen LogP contribution >= 0.6 is 0 Å². The summed E-state index contributed by atoms with van der Waals surface area (Å²) < 4.78 is 9.11. The molecule has 14 N–H and O–H groups in total. The van der Waals surface area contributed by atoms with Gasteiger partial charge in [-0.1, -0.05) is 54.7 Å². The summed E-state index contributed by atoms with van der Waals surface area (Å²) in [5.74, 6) is 3.91. The lowest BCUT2D eigenvalue weighted by Gasteiger charge is -2.62. The number of carbonyl (C=O) groups excluding carboxylic acids is 1. The zero-order valence-corrected chi connectivity index (χ0v) is 56.7. The molecule has 4 aromatic rings. The van der Waals surface area contributed by atoms with Crippen LogP contribution in [0.3, 0.4) is 0 Å². The maximum absolute atomic E-state index is 13.0. The molecule has 10 saturated carbocycles. The molecule has 10 aliphatic carbocycles. The number of rotatable bonds is 13. The van der Waals surface area contributed by atoms with Crippen molar-refractivity contribution in [3.8, 4) is 0 Å². The number of imidazole rings is 2. The van der Waals surface area contributed by atoms with Crippen LogP contribution in [0.2, 0.25) is 0 Å². The number of ether oxygens (including phenoxy) is 1. The Morgan fingerprint density at radius 1 is 0.589 bits per heavy atom. The third kappa shape index (κ3) is 12.3. The SMILES string of the molecule is C=C1[C@H](CO)[C@@H](O)C[C@@H]1n1cnc2c(=O)[nH]c(N)nc21.C=C1[C@H](COC(=O)CC[C@@H](C)[C@H]2CC[C@H]3[C@@H]4[C@H](O)C[C@@H]5C[C@H](O)CC[C@]5(C)[C@H]4CC[C@]23C)[C@@H](O)C[C@@H]1n1cnc2c(=O)[nH]c(N)nc21.C[C@H](CCC(=O)O)[C@H]1CC[C@H]2[C@@H]3[C@H](O)C[C@@H]4C[C@H](O)CC[C@]4(C)[C@H]3CC[C@]12C. The summed E-state index contributed by atoms with van der Waals surface area (Å²) >= 11 is 0. The molecular weight excluding hydrogens is 1210 g/mol. The first-order valence-electron chi connectivity index (χ1n) is 35.9. The molecule has 23 nitrogen and oxygen atoms in total. The minimum absolute atomic E-state index is 0.00659. The topological polar surface area (TPSA) is 384 Å². The number of aromatic nitrogens is 8. The van der Waals surface area contributed by atoms with E-state index >= 15 is 0 Å². The Balaban J connectivity index is 0.000000152. The Hall–Kier alpha value is -5.56. The van der Waals surface area contributed by atoms with E-state index in [4.69, 9.17) is 21.3 Å². The van der Waals surface area contributed by atoms with E-state index in [9.17, 15) is 54.9 Å². The number of carboxylic acid groups (broad SMARTS) is 1. The molecule has 4 aromatic heterocycles. The normalized spacial score (nSPS) is 41.7. The zero-order valence-electron chi connectivity index (χ0n) is 56.7. The number of aromatic amines is 2. The Kier molecular flexibility index (Phi) is 19.4. The van der Waals surface area contributed by atoms with Crippen LogP contribution in [-0.2, 0) is 14.3 Å². The quantitative estimate of drug-likeness (QED) is 0.0449. The number of nitrogen functional groups attached to an aromatic ring is 2. The maximum Gasteiger partial charge on any atom is 0.305 e. The number of fused-ring (bicyclic) bond motifs is 12. The van der Waals surface area contributed by atoms with Gasteiger partial charge in [-0.3, -0.25) is 29.1 Å². The first kappa shape index (κ1) is 69.3. The van der Waals surface area contributed by atoms with Gasteiger partial charge >= 0.3 is 11.9 Å². The molecule has 14 rings (SSSR count). The van der Waals surface area contributed by atoms with E-state index in [0.29, 0.717) is 113 Å². The monoisotopic (exact) mass is 1320 g/mol. The van der Waals surface area contributed by atoms with Gasteiger partial charge in [0.15, 0.2) is 22.3 Å². The van der Waals surface area contributed by atoms with Gasteiger partial charge < -0.3 is 66.2 Å². The van der Waals surface area contributed by atoms with Crippen molar-refractivity contribution in [3.05, 3.63) is 57.7 Å². The number of carbonyl (C=O) groups is 2. The Morgan fingerprint density at radius 3 is 1.43 bits per heavy atom. The predicted molar refractivity (Wildman–Crippen MR) is 357 cm³/mol. The summed E-state index contributed by atoms with van der Waals surface area (Å²) in [6.07, 6.45) is 20.3. The van der Waals surface area contributed by atoms with Crippen LogP contribution in [-0.4, -0.2) is 142 Å². The first-order valence-corrected chi connectivity index (χ1v) is 35.9. The highest BCUT2D eigenvalue weighted by atomic mass is 16.5. The minimum atomic E-state index is -0.757. The van der Waals surface area contributed by atoms with E-state index < -0.39 is 35.2 Å². The van der Waals surface area contributed by atoms with E-state index in [1.165, 1.54) is 44.8 Å². The maximum atomic E-state index is 13.0. The van der Waals surface area contributed by atoms with E-state index in [-0.39, 0.29) is 113 Å². The Morgan fingerprint density at radius 2 is 1.00 bits per heavy atom. The van der Waals surface area contributed by atoms with Crippen molar-refractivity contribution < 1.29 is 55.2 Å². The predicted octanol–water partition coefficient (Wildman–Crippen LogP) is 7.78. The van der Waals surface area contributed by atoms with Crippen LogP contribution in [0.5, 0.6) is 0 Å². The smallest absolute Gasteiger partial charge is 0.305 e. The van der Waals surface area contributed by atoms with Gasteiger partial charge in [-0.05, 0) is 232 Å². The summed E-state index contributed by atoms with van der Waals surface area (Å²) in [7, 11) is 0. The molecule has 524 valence electrons. The molecule has 0 spiro atoms. The number of hydrogen-bond acceptors (Lipinski definition) is 18. The Labute approximate surface area is 556 Å². The molecule has 0 aliphatic heterocycles. The van der Waals surface area contributed by atoms with Crippen LogP contribution in [0.25, 0.3) is 22.3 Å². The number of aliphatic carboxylic acids is 1. The fourth-order valence-electron chi connectivity index (χ4n) is 23.2. The van der Waals surface area contributed by atoms with Crippen molar-refractivity contribution in [1.29, 1.82) is 0 Å². The number of nitrogens with two attached hydrogens (primary N) is 2. The van der Waals surface area contributed by atoms with Gasteiger partial charge in [0, 0.05) is 24.7 Å². The lowest BCUT2D eigenvalue weighted by Crippen LogP contribution is -2.58. The highest BCUT2D eigenvalue weighted by Crippen LogP contribution is 2.70. The van der Waals surface area contributed by atoms with Gasteiger partial charge in [-0.25, -0.2) is 9.97 Å². The average molecular weight is 1320 g/mol. The highest BCUT2D eigenvalue weighted by molar-refractivity contribution is 5.72. The van der Waals surface area contributed by atoms with Crippen LogP contribution < -0.4 is 22.6 Å². The van der Waals surface area contributed by atoms with Crippen molar-refractivity contribution in [2.75, 3.05) is 24.7 Å². The summed E-state index contributed by atoms with van der Waals surface area (Å²) in [4.78, 5) is 69.4. The van der Waals surface area contributed by atoms with E-state index in [1.807, 2.05) is 0 Å². The Bertz CT molecular complexity index is 3630. The molecule has 10 aliphatic rings. The second-order valence-electron chi connectivity index (χ2n) is 32.7. The molecule has 0 saturated heterocycles. The van der Waals surface area contributed by atoms with E-state index in [0.717, 1.165) is 83.5 Å². The first-order chi connectivity index (χ1) is 45.0. The summed E-state index contributed by atoms with van der Waals surface area (Å²) in [5, 5.41) is 82.6. The fourth-order valence-corrected chi connectivity index (χ4v) is 23.2. The molecule has 23 heteroatoms. The van der Waals surface area contributed by atoms with Crippen LogP contribution in [0.4, 0.5) is 11.9 Å². The number of H-pyrrole nitrogens is 2. The van der Waals surface area contributed by atoms with Gasteiger partial charge in [0.2, 0.25) is 11.9 Å². The molecule has 10 fully saturated rings. The number of hydrogen-bond donors (Lipinski definition) is 12. The molecule has 0 aromatic carbocycles. The summed E-state index contributed by atoms with van der Waals surface area (Å²) in [6.45, 7) is 22.4. The summed E-state index contributed by atoms with van der Waals surface area (Å²) in [5.41, 5.74) is 13.8. The third-order valence-corrected chi connectivity index (χ3v) is 28.3. The highest BCUT2D eigenvalue weighted by Gasteiger charge is 2.65. The van der Waals surface area contributed by atoms with Crippen LogP contribution in [0.1, 0.15) is 195 Å². The number of anilines is 2. The van der Waals surface area contributed by atoms with Crippen molar-refractivity contribution >= 4 is 46.2 Å². The average Bonchev–Trinajstić information content (AvgIpc) is 1.57. The molecule has 4 heterocycles. The van der Waals surface area contributed by atoms with Crippen molar-refractivity contribution in [1.82, 2.24) is 39.0 Å². The number of aliphatic hydroxyl groups excluding tert-OH is 7. The largest absolute Gasteiger partial charge is 0.481 e. The fraction of sp³-hybridized carbons (Fsp3) is 0.778. The molecule has 0 amide bonds. The number of nitrogens with one attached hydrogen (secondary N) is 2. The zero-order chi connectivity index (χ0) is 68.1. The summed E-state index contributed by atoms with van der Waals surface area (Å²) in [6, 6.07) is -0.611. The number of aliphatic hydroxyl groups is 7. The van der Waals surface area contributed by atoms with Gasteiger partial charge in [-0.15, -0.1) is 0 Å². The van der Waals surface area contributed by atoms with Crippen molar-refractivity contribution in [3.63, 3.8) is 0 Å². The molecule has 0 unspecified atom stereocenters. The molecule has 95 heavy (non-hydrogen) atoms. The molecule has 0 radical (unpaired) electrons.